The van der Waals surface area contributed by atoms with E-state index in [2.05, 4.69) is 4.98 Å². The number of carbonyl (C=O) groups is 1. The number of rotatable bonds is 5. The van der Waals surface area contributed by atoms with Crippen LogP contribution in [0.1, 0.15) is 10.4 Å². The van der Waals surface area contributed by atoms with Crippen molar-refractivity contribution in [3.05, 3.63) is 55.6 Å². The molecule has 2 heterocycles. The van der Waals surface area contributed by atoms with Gasteiger partial charge < -0.3 is 14.9 Å². The number of nitro groups is 2. The monoisotopic (exact) mass is 334 g/mol. The molecule has 10 nitrogen and oxygen atoms in total. The maximum absolute atomic E-state index is 11.2. The van der Waals surface area contributed by atoms with Crippen LogP contribution < -0.4 is 4.74 Å². The maximum atomic E-state index is 11.2. The van der Waals surface area contributed by atoms with Gasteiger partial charge in [-0.25, -0.2) is 0 Å². The fourth-order valence-corrected chi connectivity index (χ4v) is 2.63. The van der Waals surface area contributed by atoms with Crippen LogP contribution in [0, 0.1) is 20.2 Å². The van der Waals surface area contributed by atoms with E-state index in [1.54, 1.807) is 5.38 Å². The molecule has 11 heteroatoms. The number of nitrogens with zero attached hydrogens (tertiary/aromatic N) is 4. The first-order valence-corrected chi connectivity index (χ1v) is 6.90. The molecule has 0 aliphatic carbocycles. The van der Waals surface area contributed by atoms with Crippen LogP contribution >= 0.6 is 11.3 Å². The first-order chi connectivity index (χ1) is 11.0. The zero-order chi connectivity index (χ0) is 16.6. The summed E-state index contributed by atoms with van der Waals surface area (Å²) in [5.74, 6) is -1.13. The van der Waals surface area contributed by atoms with E-state index in [9.17, 15) is 25.0 Å². The van der Waals surface area contributed by atoms with E-state index < -0.39 is 21.4 Å². The molecule has 0 N–H and O–H groups in total. The maximum Gasteiger partial charge on any atom is 0.393 e. The van der Waals surface area contributed by atoms with Gasteiger partial charge in [0, 0.05) is 17.0 Å². The van der Waals surface area contributed by atoms with Crippen LogP contribution in [0.4, 0.5) is 11.5 Å². The van der Waals surface area contributed by atoms with Crippen LogP contribution in [-0.4, -0.2) is 25.5 Å². The zero-order valence-electron chi connectivity index (χ0n) is 11.1. The van der Waals surface area contributed by atoms with Gasteiger partial charge >= 0.3 is 17.4 Å². The number of hydrogen-bond donors (Lipinski definition) is 0. The minimum atomic E-state index is -0.714. The van der Waals surface area contributed by atoms with E-state index in [1.807, 2.05) is 0 Å². The Balaban J connectivity index is 2.13. The van der Waals surface area contributed by atoms with Crippen molar-refractivity contribution in [2.24, 2.45) is 0 Å². The summed E-state index contributed by atoms with van der Waals surface area (Å²) in [6.07, 6.45) is 1.92. The average molecular weight is 334 g/mol. The molecule has 0 aliphatic rings. The van der Waals surface area contributed by atoms with Gasteiger partial charge in [0.2, 0.25) is 5.75 Å². The Kier molecular flexibility index (Phi) is 3.46. The normalized spacial score (nSPS) is 10.6. The van der Waals surface area contributed by atoms with Crippen LogP contribution in [0.5, 0.6) is 11.6 Å². The molecule has 3 rings (SSSR count). The van der Waals surface area contributed by atoms with Crippen LogP contribution in [0.15, 0.2) is 29.8 Å². The molecule has 0 amide bonds. The van der Waals surface area contributed by atoms with Gasteiger partial charge in [-0.05, 0) is 17.1 Å². The second-order valence-electron chi connectivity index (χ2n) is 4.26. The molecule has 1 aromatic carbocycles. The lowest BCUT2D eigenvalue weighted by Gasteiger charge is -2.04. The van der Waals surface area contributed by atoms with Gasteiger partial charge in [-0.3, -0.25) is 14.9 Å². The number of imidazole rings is 1. The number of aromatic nitrogens is 2. The van der Waals surface area contributed by atoms with Gasteiger partial charge in [-0.1, -0.05) is 11.3 Å². The highest BCUT2D eigenvalue weighted by molar-refractivity contribution is 7.15. The molecule has 0 unspecified atom stereocenters. The van der Waals surface area contributed by atoms with E-state index in [-0.39, 0.29) is 17.2 Å². The zero-order valence-corrected chi connectivity index (χ0v) is 11.9. The summed E-state index contributed by atoms with van der Waals surface area (Å²) in [4.78, 5) is 35.9. The van der Waals surface area contributed by atoms with Gasteiger partial charge in [-0.2, -0.15) is 9.38 Å². The molecular weight excluding hydrogens is 328 g/mol. The molecule has 0 bridgehead atoms. The van der Waals surface area contributed by atoms with E-state index >= 15 is 0 Å². The molecule has 0 radical (unpaired) electrons. The Hall–Kier alpha value is -3.34. The van der Waals surface area contributed by atoms with E-state index in [0.717, 1.165) is 23.5 Å². The number of carbonyl (C=O) groups excluding carboxylic acids is 1. The topological polar surface area (TPSA) is 130 Å². The predicted molar refractivity (Wildman–Crippen MR) is 78.3 cm³/mol. The highest BCUT2D eigenvalue weighted by atomic mass is 32.1. The van der Waals surface area contributed by atoms with Crippen LogP contribution in [0.25, 0.3) is 4.96 Å². The Labute approximate surface area is 130 Å². The molecule has 23 heavy (non-hydrogen) atoms. The third kappa shape index (κ3) is 2.48. The first kappa shape index (κ1) is 14.6. The van der Waals surface area contributed by atoms with E-state index in [1.165, 1.54) is 16.7 Å². The second-order valence-corrected chi connectivity index (χ2v) is 5.13. The average Bonchev–Trinajstić information content (AvgIpc) is 3.06. The minimum absolute atomic E-state index is 0.134. The molecule has 0 fully saturated rings. The summed E-state index contributed by atoms with van der Waals surface area (Å²) in [6.45, 7) is 0. The molecule has 116 valence electrons. The van der Waals surface area contributed by atoms with Crippen LogP contribution in [-0.2, 0) is 0 Å². The van der Waals surface area contributed by atoms with Crippen molar-refractivity contribution < 1.29 is 19.4 Å². The summed E-state index contributed by atoms with van der Waals surface area (Å²) in [6, 6.07) is 3.46. The Morgan fingerprint density at radius 1 is 1.26 bits per heavy atom. The summed E-state index contributed by atoms with van der Waals surface area (Å²) in [5, 5.41) is 23.8. The SMILES string of the molecule is O=Cc1ccc([N+](=O)[O-])c(Oc2nc3sccn3c2[N+](=O)[O-])c1. The number of thiazole rings is 1. The largest absolute Gasteiger partial charge is 0.425 e. The highest BCUT2D eigenvalue weighted by Gasteiger charge is 2.28. The van der Waals surface area contributed by atoms with Gasteiger partial charge in [0.15, 0.2) is 0 Å². The van der Waals surface area contributed by atoms with E-state index in [0.29, 0.717) is 11.2 Å². The Bertz CT molecular complexity index is 946. The Morgan fingerprint density at radius 3 is 2.70 bits per heavy atom. The predicted octanol–water partition coefficient (Wildman–Crippen LogP) is 2.82. The summed E-state index contributed by atoms with van der Waals surface area (Å²) >= 11 is 1.15. The van der Waals surface area contributed by atoms with E-state index in [4.69, 9.17) is 4.74 Å². The third-order valence-corrected chi connectivity index (χ3v) is 3.66. The molecule has 0 atom stereocenters. The summed E-state index contributed by atoms with van der Waals surface area (Å²) < 4.78 is 6.49. The first-order valence-electron chi connectivity index (χ1n) is 6.02. The number of fused-ring (bicyclic) bond motifs is 1. The smallest absolute Gasteiger partial charge is 0.393 e. The summed E-state index contributed by atoms with van der Waals surface area (Å²) in [5.41, 5.74) is -0.296. The Morgan fingerprint density at radius 2 is 2.04 bits per heavy atom. The molecular formula is C12H6N4O6S. The van der Waals surface area contributed by atoms with Crippen molar-refractivity contribution in [1.82, 2.24) is 9.38 Å². The minimum Gasteiger partial charge on any atom is -0.425 e. The molecule has 3 aromatic rings. The lowest BCUT2D eigenvalue weighted by atomic mass is 10.2. The summed E-state index contributed by atoms with van der Waals surface area (Å²) in [7, 11) is 0. The quantitative estimate of drug-likeness (QED) is 0.398. The van der Waals surface area contributed by atoms with Crippen LogP contribution in [0.2, 0.25) is 0 Å². The number of nitro benzene ring substituents is 1. The number of aldehydes is 1. The van der Waals surface area contributed by atoms with Crippen LogP contribution in [0.3, 0.4) is 0 Å². The third-order valence-electron chi connectivity index (χ3n) is 2.90. The highest BCUT2D eigenvalue weighted by Crippen LogP contribution is 2.37. The fraction of sp³-hybridized carbons (Fsp3) is 0. The van der Waals surface area contributed by atoms with Gasteiger partial charge in [0.05, 0.1) is 4.92 Å². The fourth-order valence-electron chi connectivity index (χ4n) is 1.93. The number of hydrogen-bond acceptors (Lipinski definition) is 8. The van der Waals surface area contributed by atoms with Crippen molar-refractivity contribution in [1.29, 1.82) is 0 Å². The van der Waals surface area contributed by atoms with Gasteiger partial charge in [0.1, 0.15) is 12.5 Å². The van der Waals surface area contributed by atoms with Crippen molar-refractivity contribution in [2.75, 3.05) is 0 Å². The second kappa shape index (κ2) is 5.46. The lowest BCUT2D eigenvalue weighted by Crippen LogP contribution is -1.98. The van der Waals surface area contributed by atoms with Crippen molar-refractivity contribution >= 4 is 34.1 Å². The number of benzene rings is 1. The number of ether oxygens (including phenoxy) is 1. The van der Waals surface area contributed by atoms with Crippen molar-refractivity contribution in [3.8, 4) is 11.6 Å². The van der Waals surface area contributed by atoms with Crippen molar-refractivity contribution in [2.45, 2.75) is 0 Å². The van der Waals surface area contributed by atoms with Gasteiger partial charge in [-0.15, -0.1) is 0 Å². The molecule has 0 saturated heterocycles. The lowest BCUT2D eigenvalue weighted by molar-refractivity contribution is -0.391. The molecule has 0 spiro atoms. The van der Waals surface area contributed by atoms with Crippen molar-refractivity contribution in [3.63, 3.8) is 0 Å². The molecule has 0 saturated carbocycles. The molecule has 2 aromatic heterocycles. The standard InChI is InChI=1S/C12H6N4O6S/c17-6-7-1-2-8(15(18)19)9(5-7)22-10-11(16(20)21)14-3-4-23-12(14)13-10/h1-6H. The molecule has 0 aliphatic heterocycles. The van der Waals surface area contributed by atoms with Gasteiger partial charge in [0.25, 0.3) is 4.96 Å².